The predicted octanol–water partition coefficient (Wildman–Crippen LogP) is 2.44. The van der Waals surface area contributed by atoms with E-state index in [9.17, 15) is 4.79 Å². The van der Waals surface area contributed by atoms with E-state index in [0.29, 0.717) is 30.6 Å². The first-order valence-electron chi connectivity index (χ1n) is 11.7. The van der Waals surface area contributed by atoms with Crippen molar-refractivity contribution in [3.05, 3.63) is 35.8 Å². The van der Waals surface area contributed by atoms with Gasteiger partial charge in [0.25, 0.3) is 5.91 Å². The SMILES string of the molecule is CCNC(=O)c1cc(N2CCC(c3[nH]nc4ncccc34)CC2)nc(OCC2CCCO2)n1. The smallest absolute Gasteiger partial charge is 0.319 e. The Morgan fingerprint density at radius 2 is 2.18 bits per heavy atom. The van der Waals surface area contributed by atoms with Crippen molar-refractivity contribution in [2.45, 2.75) is 44.6 Å². The van der Waals surface area contributed by atoms with Gasteiger partial charge in [0.15, 0.2) is 5.65 Å². The van der Waals surface area contributed by atoms with Crippen LogP contribution < -0.4 is 15.0 Å². The van der Waals surface area contributed by atoms with E-state index in [4.69, 9.17) is 9.47 Å². The molecule has 0 radical (unpaired) electrons. The summed E-state index contributed by atoms with van der Waals surface area (Å²) >= 11 is 0. The third-order valence-electron chi connectivity index (χ3n) is 6.27. The molecule has 10 nitrogen and oxygen atoms in total. The summed E-state index contributed by atoms with van der Waals surface area (Å²) in [6, 6.07) is 5.98. The largest absolute Gasteiger partial charge is 0.461 e. The average Bonchev–Trinajstić information content (AvgIpc) is 3.53. The molecule has 2 saturated heterocycles. The number of fused-ring (bicyclic) bond motifs is 1. The van der Waals surface area contributed by atoms with Gasteiger partial charge in [-0.05, 0) is 44.7 Å². The van der Waals surface area contributed by atoms with Gasteiger partial charge in [0, 0.05) is 55.5 Å². The van der Waals surface area contributed by atoms with Crippen LogP contribution in [0.5, 0.6) is 6.01 Å². The summed E-state index contributed by atoms with van der Waals surface area (Å²) in [5.74, 6) is 0.855. The molecule has 1 unspecified atom stereocenters. The fraction of sp³-hybridized carbons (Fsp3) is 0.522. The molecule has 2 aliphatic heterocycles. The van der Waals surface area contributed by atoms with Crippen LogP contribution in [0, 0.1) is 0 Å². The summed E-state index contributed by atoms with van der Waals surface area (Å²) in [5, 5.41) is 11.4. The minimum atomic E-state index is -0.227. The molecule has 2 fully saturated rings. The van der Waals surface area contributed by atoms with Crippen molar-refractivity contribution in [2.75, 3.05) is 37.7 Å². The number of piperidine rings is 1. The molecule has 5 rings (SSSR count). The Kier molecular flexibility index (Phi) is 6.34. The highest BCUT2D eigenvalue weighted by atomic mass is 16.5. The molecule has 10 heteroatoms. The van der Waals surface area contributed by atoms with Crippen molar-refractivity contribution in [1.82, 2.24) is 30.5 Å². The molecule has 0 aliphatic carbocycles. The molecule has 5 heterocycles. The fourth-order valence-corrected chi connectivity index (χ4v) is 4.53. The van der Waals surface area contributed by atoms with E-state index >= 15 is 0 Å². The minimum Gasteiger partial charge on any atom is -0.461 e. The monoisotopic (exact) mass is 451 g/mol. The highest BCUT2D eigenvalue weighted by Crippen LogP contribution is 2.32. The molecule has 174 valence electrons. The maximum atomic E-state index is 12.5. The number of anilines is 1. The Balaban J connectivity index is 1.31. The third kappa shape index (κ3) is 4.75. The van der Waals surface area contributed by atoms with Crippen molar-refractivity contribution in [3.63, 3.8) is 0 Å². The van der Waals surface area contributed by atoms with Crippen molar-refractivity contribution in [1.29, 1.82) is 0 Å². The van der Waals surface area contributed by atoms with Crippen LogP contribution in [-0.4, -0.2) is 70.0 Å². The Morgan fingerprint density at radius 3 is 2.97 bits per heavy atom. The molecule has 0 aromatic carbocycles. The summed E-state index contributed by atoms with van der Waals surface area (Å²) in [5.41, 5.74) is 2.21. The van der Waals surface area contributed by atoms with Gasteiger partial charge in [-0.1, -0.05) is 0 Å². The number of aromatic nitrogens is 5. The number of carbonyl (C=O) groups is 1. The van der Waals surface area contributed by atoms with E-state index in [1.54, 1.807) is 12.3 Å². The van der Waals surface area contributed by atoms with Crippen LogP contribution in [0.4, 0.5) is 5.82 Å². The number of carbonyl (C=O) groups excluding carboxylic acids is 1. The van der Waals surface area contributed by atoms with Crippen LogP contribution in [-0.2, 0) is 4.74 Å². The zero-order valence-corrected chi connectivity index (χ0v) is 18.8. The lowest BCUT2D eigenvalue weighted by Crippen LogP contribution is -2.34. The molecular formula is C23H29N7O3. The van der Waals surface area contributed by atoms with E-state index in [2.05, 4.69) is 41.4 Å². The molecule has 0 saturated carbocycles. The second-order valence-corrected chi connectivity index (χ2v) is 8.47. The number of nitrogens with one attached hydrogen (secondary N) is 2. The number of hydrogen-bond acceptors (Lipinski definition) is 8. The summed E-state index contributed by atoms with van der Waals surface area (Å²) in [4.78, 5) is 28.0. The van der Waals surface area contributed by atoms with Gasteiger partial charge in [-0.3, -0.25) is 9.89 Å². The van der Waals surface area contributed by atoms with Crippen molar-refractivity contribution in [3.8, 4) is 6.01 Å². The fourth-order valence-electron chi connectivity index (χ4n) is 4.53. The normalized spacial score (nSPS) is 19.2. The molecule has 1 atom stereocenters. The summed E-state index contributed by atoms with van der Waals surface area (Å²) in [6.45, 7) is 5.18. The molecule has 3 aromatic rings. The lowest BCUT2D eigenvalue weighted by atomic mass is 9.92. The van der Waals surface area contributed by atoms with Crippen LogP contribution in [0.25, 0.3) is 11.0 Å². The quantitative estimate of drug-likeness (QED) is 0.562. The van der Waals surface area contributed by atoms with Gasteiger partial charge in [0.2, 0.25) is 0 Å². The van der Waals surface area contributed by atoms with Gasteiger partial charge < -0.3 is 19.7 Å². The van der Waals surface area contributed by atoms with Gasteiger partial charge in [0.05, 0.1) is 6.10 Å². The van der Waals surface area contributed by atoms with E-state index in [1.807, 2.05) is 13.0 Å². The standard InChI is InChI=1S/C23H29N7O3/c1-2-24-22(31)18-13-19(27-23(26-18)33-14-16-5-4-12-32-16)30-10-7-15(8-11-30)20-17-6-3-9-25-21(17)29-28-20/h3,6,9,13,15-16H,2,4-5,7-8,10-12,14H2,1H3,(H,24,31)(H,25,28,29). The minimum absolute atomic E-state index is 0.0552. The maximum Gasteiger partial charge on any atom is 0.319 e. The number of ether oxygens (including phenoxy) is 2. The van der Waals surface area contributed by atoms with Crippen LogP contribution >= 0.6 is 0 Å². The van der Waals surface area contributed by atoms with Crippen LogP contribution in [0.3, 0.4) is 0 Å². The second-order valence-electron chi connectivity index (χ2n) is 8.47. The highest BCUT2D eigenvalue weighted by Gasteiger charge is 2.26. The van der Waals surface area contributed by atoms with Gasteiger partial charge >= 0.3 is 6.01 Å². The molecule has 33 heavy (non-hydrogen) atoms. The van der Waals surface area contributed by atoms with Crippen molar-refractivity contribution in [2.24, 2.45) is 0 Å². The van der Waals surface area contributed by atoms with Crippen LogP contribution in [0.1, 0.15) is 54.7 Å². The lowest BCUT2D eigenvalue weighted by molar-refractivity contribution is 0.0644. The summed E-state index contributed by atoms with van der Waals surface area (Å²) in [6.07, 6.45) is 5.70. The third-order valence-corrected chi connectivity index (χ3v) is 6.27. The molecule has 1 amide bonds. The number of amides is 1. The Bertz CT molecular complexity index is 1100. The lowest BCUT2D eigenvalue weighted by Gasteiger charge is -2.32. The second kappa shape index (κ2) is 9.70. The van der Waals surface area contributed by atoms with E-state index in [1.165, 1.54) is 0 Å². The first-order chi connectivity index (χ1) is 16.2. The number of nitrogens with zero attached hydrogens (tertiary/aromatic N) is 5. The first-order valence-corrected chi connectivity index (χ1v) is 11.7. The summed E-state index contributed by atoms with van der Waals surface area (Å²) in [7, 11) is 0. The first kappa shape index (κ1) is 21.6. The van der Waals surface area contributed by atoms with Gasteiger partial charge in [0.1, 0.15) is 18.1 Å². The van der Waals surface area contributed by atoms with Crippen LogP contribution in [0.15, 0.2) is 24.4 Å². The van der Waals surface area contributed by atoms with Gasteiger partial charge in [-0.25, -0.2) is 4.98 Å². The number of aromatic amines is 1. The van der Waals surface area contributed by atoms with E-state index in [0.717, 1.165) is 62.1 Å². The zero-order valence-electron chi connectivity index (χ0n) is 18.8. The molecule has 3 aromatic heterocycles. The van der Waals surface area contributed by atoms with E-state index in [-0.39, 0.29) is 18.0 Å². The predicted molar refractivity (Wildman–Crippen MR) is 123 cm³/mol. The Hall–Kier alpha value is -3.27. The van der Waals surface area contributed by atoms with Crippen LogP contribution in [0.2, 0.25) is 0 Å². The van der Waals surface area contributed by atoms with E-state index < -0.39 is 0 Å². The van der Waals surface area contributed by atoms with Gasteiger partial charge in [-0.15, -0.1) is 0 Å². The molecule has 2 aliphatic rings. The summed E-state index contributed by atoms with van der Waals surface area (Å²) < 4.78 is 11.5. The maximum absolute atomic E-state index is 12.5. The molecular weight excluding hydrogens is 422 g/mol. The molecule has 0 spiro atoms. The molecule has 0 bridgehead atoms. The van der Waals surface area contributed by atoms with Crippen molar-refractivity contribution >= 4 is 22.8 Å². The Morgan fingerprint density at radius 1 is 1.30 bits per heavy atom. The zero-order chi connectivity index (χ0) is 22.6. The van der Waals surface area contributed by atoms with Crippen molar-refractivity contribution < 1.29 is 14.3 Å². The number of hydrogen-bond donors (Lipinski definition) is 2. The molecule has 2 N–H and O–H groups in total. The highest BCUT2D eigenvalue weighted by molar-refractivity contribution is 5.93. The van der Waals surface area contributed by atoms with Gasteiger partial charge in [-0.2, -0.15) is 15.1 Å². The number of pyridine rings is 1. The number of H-pyrrole nitrogens is 1. The topological polar surface area (TPSA) is 118 Å². The Labute approximate surface area is 192 Å². The number of rotatable bonds is 7. The average molecular weight is 452 g/mol.